The number of hydrogen-bond acceptors (Lipinski definition) is 9. The number of rotatable bonds is 3. The van der Waals surface area contributed by atoms with Crippen LogP contribution in [0.2, 0.25) is 0 Å². The smallest absolute Gasteiger partial charge is 0.228 e. The van der Waals surface area contributed by atoms with E-state index in [-0.39, 0.29) is 24.4 Å². The monoisotopic (exact) mass is 430 g/mol. The number of fused-ring (bicyclic) bond motifs is 2. The van der Waals surface area contributed by atoms with Crippen LogP contribution in [0.15, 0.2) is 12.4 Å². The number of halogens is 1. The first kappa shape index (κ1) is 19.7. The number of nitrogens with zero attached hydrogens (tertiary/aromatic N) is 6. The molecule has 2 bridgehead atoms. The lowest BCUT2D eigenvalue weighted by Crippen LogP contribution is -2.54. The summed E-state index contributed by atoms with van der Waals surface area (Å²) in [6.07, 6.45) is 5.78. The molecule has 0 unspecified atom stereocenters. The molecule has 3 N–H and O–H groups in total. The molecule has 0 spiro atoms. The van der Waals surface area contributed by atoms with E-state index in [1.165, 1.54) is 12.0 Å². The predicted octanol–water partition coefficient (Wildman–Crippen LogP) is 0.885. The van der Waals surface area contributed by atoms with Crippen LogP contribution in [-0.2, 0) is 11.2 Å². The normalized spacial score (nSPS) is 29.4. The molecule has 30 heavy (non-hydrogen) atoms. The highest BCUT2D eigenvalue weighted by molar-refractivity contribution is 5.85. The van der Waals surface area contributed by atoms with E-state index in [2.05, 4.69) is 32.0 Å². The molecule has 2 aromatic heterocycles. The topological polar surface area (TPSA) is 105 Å². The van der Waals surface area contributed by atoms with Gasteiger partial charge in [-0.25, -0.2) is 15.0 Å². The second kappa shape index (κ2) is 7.47. The lowest BCUT2D eigenvalue weighted by molar-refractivity contribution is 0.0981. The maximum absolute atomic E-state index is 5.72. The van der Waals surface area contributed by atoms with Gasteiger partial charge >= 0.3 is 0 Å². The van der Waals surface area contributed by atoms with Crippen LogP contribution in [0.5, 0.6) is 0 Å². The zero-order chi connectivity index (χ0) is 19.5. The van der Waals surface area contributed by atoms with Crippen molar-refractivity contribution in [1.82, 2.24) is 25.3 Å². The highest BCUT2D eigenvalue weighted by Gasteiger charge is 2.51. The summed E-state index contributed by atoms with van der Waals surface area (Å²) < 4.78 is 5.63. The predicted molar refractivity (Wildman–Crippen MR) is 117 cm³/mol. The molecule has 10 heteroatoms. The van der Waals surface area contributed by atoms with Crippen LogP contribution in [0.3, 0.4) is 0 Å². The van der Waals surface area contributed by atoms with Crippen LogP contribution in [0.25, 0.3) is 11.3 Å². The number of nitrogen functional groups attached to an aromatic ring is 1. The largest absolute Gasteiger partial charge is 0.377 e. The molecule has 1 saturated carbocycles. The maximum Gasteiger partial charge on any atom is 0.228 e. The molecule has 4 atom stereocenters. The number of ether oxygens (including phenoxy) is 1. The Morgan fingerprint density at radius 3 is 2.70 bits per heavy atom. The fourth-order valence-corrected chi connectivity index (χ4v) is 5.33. The van der Waals surface area contributed by atoms with Crippen LogP contribution < -0.4 is 20.9 Å². The summed E-state index contributed by atoms with van der Waals surface area (Å²) in [7, 11) is 0. The number of nitrogens with one attached hydrogen (secondary N) is 1. The van der Waals surface area contributed by atoms with E-state index in [1.54, 1.807) is 12.4 Å². The van der Waals surface area contributed by atoms with Crippen molar-refractivity contribution >= 4 is 30.1 Å². The first-order valence-corrected chi connectivity index (χ1v) is 10.5. The van der Waals surface area contributed by atoms with Crippen LogP contribution in [0.4, 0.5) is 17.7 Å². The van der Waals surface area contributed by atoms with E-state index in [1.807, 2.05) is 0 Å². The van der Waals surface area contributed by atoms with Gasteiger partial charge < -0.3 is 25.6 Å². The van der Waals surface area contributed by atoms with Crippen molar-refractivity contribution in [1.29, 1.82) is 0 Å². The molecule has 0 amide bonds. The summed E-state index contributed by atoms with van der Waals surface area (Å²) in [6, 6.07) is 1.39. The summed E-state index contributed by atoms with van der Waals surface area (Å²) in [5.41, 5.74) is 8.75. The van der Waals surface area contributed by atoms with Crippen molar-refractivity contribution in [2.24, 2.45) is 5.92 Å². The van der Waals surface area contributed by atoms with E-state index in [9.17, 15) is 0 Å². The van der Waals surface area contributed by atoms with Crippen molar-refractivity contribution in [2.45, 2.75) is 37.9 Å². The molecule has 4 aliphatic heterocycles. The summed E-state index contributed by atoms with van der Waals surface area (Å²) in [6.45, 7) is 6.47. The van der Waals surface area contributed by atoms with Gasteiger partial charge in [0.1, 0.15) is 5.82 Å². The molecule has 1 aliphatic carbocycles. The molecule has 0 radical (unpaired) electrons. The average Bonchev–Trinajstić information content (AvgIpc) is 3.45. The third-order valence-electron chi connectivity index (χ3n) is 6.87. The van der Waals surface area contributed by atoms with Gasteiger partial charge in [0.15, 0.2) is 0 Å². The molecule has 2 aromatic rings. The molecule has 160 valence electrons. The zero-order valence-electron chi connectivity index (χ0n) is 17.0. The van der Waals surface area contributed by atoms with Gasteiger partial charge in [0.2, 0.25) is 11.9 Å². The van der Waals surface area contributed by atoms with Crippen molar-refractivity contribution in [3.8, 4) is 11.3 Å². The number of morpholine rings is 1. The Bertz CT molecular complexity index is 927. The molecule has 4 fully saturated rings. The summed E-state index contributed by atoms with van der Waals surface area (Å²) >= 11 is 0. The van der Waals surface area contributed by atoms with E-state index >= 15 is 0 Å². The fraction of sp³-hybridized carbons (Fsp3) is 0.600. The minimum atomic E-state index is 0. The standard InChI is InChI=1S/C20H26N8O.ClH/c1-11-10-29-5-4-27(11)20-25-16(13-8-23-19(21)24-9-13)14-2-3-28(18(14)26-20)17-12-6-15(17)22-7-12;/h8-9,11-12,15,17,22H,2-7,10H2,1H3,(H2,21,23,24);1H/t11-,12+,15+,17+;/m0./s1. The van der Waals surface area contributed by atoms with Crippen molar-refractivity contribution in [2.75, 3.05) is 48.4 Å². The van der Waals surface area contributed by atoms with Gasteiger partial charge in [-0.3, -0.25) is 0 Å². The Morgan fingerprint density at radius 2 is 2.00 bits per heavy atom. The van der Waals surface area contributed by atoms with E-state index < -0.39 is 0 Å². The molecule has 0 aromatic carbocycles. The Kier molecular flexibility index (Phi) is 4.91. The minimum Gasteiger partial charge on any atom is -0.377 e. The van der Waals surface area contributed by atoms with Crippen LogP contribution in [0, 0.1) is 5.92 Å². The molecule has 6 heterocycles. The Labute approximate surface area is 181 Å². The van der Waals surface area contributed by atoms with Crippen LogP contribution >= 0.6 is 12.4 Å². The van der Waals surface area contributed by atoms with E-state index in [0.29, 0.717) is 25.3 Å². The van der Waals surface area contributed by atoms with Crippen LogP contribution in [0.1, 0.15) is 18.9 Å². The van der Waals surface area contributed by atoms with Gasteiger partial charge in [0.05, 0.1) is 24.9 Å². The molecular formula is C20H27ClN8O. The van der Waals surface area contributed by atoms with Crippen LogP contribution in [-0.4, -0.2) is 70.9 Å². The third-order valence-corrected chi connectivity index (χ3v) is 6.87. The lowest BCUT2D eigenvalue weighted by Gasteiger charge is -2.42. The van der Waals surface area contributed by atoms with Crippen molar-refractivity contribution in [3.05, 3.63) is 18.0 Å². The second-order valence-electron chi connectivity index (χ2n) is 8.57. The number of nitrogens with two attached hydrogens (primary N) is 1. The summed E-state index contributed by atoms with van der Waals surface area (Å²) in [5, 5.41) is 3.64. The Hall–Kier alpha value is -2.23. The second-order valence-corrected chi connectivity index (χ2v) is 8.57. The molecule has 5 aliphatic rings. The van der Waals surface area contributed by atoms with Gasteiger partial charge in [0, 0.05) is 55.2 Å². The average molecular weight is 431 g/mol. The van der Waals surface area contributed by atoms with Crippen molar-refractivity contribution < 1.29 is 4.74 Å². The summed E-state index contributed by atoms with van der Waals surface area (Å²) in [5.74, 6) is 2.87. The highest BCUT2D eigenvalue weighted by Crippen LogP contribution is 2.44. The van der Waals surface area contributed by atoms with Gasteiger partial charge in [-0.05, 0) is 25.7 Å². The van der Waals surface area contributed by atoms with Gasteiger partial charge in [-0.1, -0.05) is 0 Å². The molecule has 9 nitrogen and oxygen atoms in total. The first-order chi connectivity index (χ1) is 14.2. The highest BCUT2D eigenvalue weighted by atomic mass is 35.5. The van der Waals surface area contributed by atoms with Gasteiger partial charge in [-0.15, -0.1) is 12.4 Å². The van der Waals surface area contributed by atoms with E-state index in [0.717, 1.165) is 55.0 Å². The first-order valence-electron chi connectivity index (χ1n) is 10.5. The number of anilines is 3. The van der Waals surface area contributed by atoms with Gasteiger partial charge in [-0.2, -0.15) is 4.98 Å². The molecular weight excluding hydrogens is 404 g/mol. The summed E-state index contributed by atoms with van der Waals surface area (Å²) in [4.78, 5) is 23.3. The Morgan fingerprint density at radius 1 is 1.17 bits per heavy atom. The maximum atomic E-state index is 5.72. The fourth-order valence-electron chi connectivity index (χ4n) is 5.33. The quantitative estimate of drug-likeness (QED) is 0.734. The molecule has 7 rings (SSSR count). The SMILES string of the molecule is C[C@H]1COCCN1c1nc(-c2cnc(N)nc2)c2c(n1)N([C@@H]1[C@H]3CN[C@@H]1C3)CC2.Cl. The van der Waals surface area contributed by atoms with Gasteiger partial charge in [0.25, 0.3) is 0 Å². The minimum absolute atomic E-state index is 0. The van der Waals surface area contributed by atoms with Crippen molar-refractivity contribution in [3.63, 3.8) is 0 Å². The lowest BCUT2D eigenvalue weighted by atomic mass is 9.79. The Balaban J connectivity index is 0.00000193. The molecule has 3 saturated heterocycles. The van der Waals surface area contributed by atoms with E-state index in [4.69, 9.17) is 20.4 Å². The number of aromatic nitrogens is 4. The third kappa shape index (κ3) is 2.99. The zero-order valence-corrected chi connectivity index (χ0v) is 17.8. The number of hydrogen-bond donors (Lipinski definition) is 2.